The monoisotopic (exact) mass is 484 g/mol. The van der Waals surface area contributed by atoms with Crippen molar-refractivity contribution in [3.05, 3.63) is 66.7 Å². The van der Waals surface area contributed by atoms with E-state index < -0.39 is 5.97 Å². The fourth-order valence-electron chi connectivity index (χ4n) is 3.19. The van der Waals surface area contributed by atoms with Crippen LogP contribution in [0, 0.1) is 0 Å². The predicted molar refractivity (Wildman–Crippen MR) is 134 cm³/mol. The molecule has 0 radical (unpaired) electrons. The minimum atomic E-state index is -0.437. The van der Waals surface area contributed by atoms with Crippen LogP contribution in [0.5, 0.6) is 17.2 Å². The van der Waals surface area contributed by atoms with Gasteiger partial charge in [-0.3, -0.25) is 0 Å². The van der Waals surface area contributed by atoms with Crippen molar-refractivity contribution in [2.45, 2.75) is 51.4 Å². The molecule has 35 heavy (non-hydrogen) atoms. The standard InChI is InChI=1S/C28H36O7/c1-2-27(30)34-22-10-6-5-9-21-33-25-15-17-26(18-16-25)35-28(31)23-11-13-24(14-12-23)32-20-8-4-3-7-19-29/h2,11-18,29H,1,3-10,19-22H2. The summed E-state index contributed by atoms with van der Waals surface area (Å²) in [6, 6.07) is 13.8. The molecule has 2 aromatic carbocycles. The van der Waals surface area contributed by atoms with Gasteiger partial charge >= 0.3 is 11.9 Å². The summed E-state index contributed by atoms with van der Waals surface area (Å²) in [5.41, 5.74) is 0.444. The van der Waals surface area contributed by atoms with Crippen molar-refractivity contribution in [3.8, 4) is 17.2 Å². The van der Waals surface area contributed by atoms with E-state index in [2.05, 4.69) is 6.58 Å². The van der Waals surface area contributed by atoms with Crippen LogP contribution in [0.25, 0.3) is 0 Å². The highest BCUT2D eigenvalue weighted by atomic mass is 16.5. The van der Waals surface area contributed by atoms with E-state index in [1.807, 2.05) is 0 Å². The Morgan fingerprint density at radius 3 is 1.71 bits per heavy atom. The molecule has 1 N–H and O–H groups in total. The van der Waals surface area contributed by atoms with Crippen LogP contribution < -0.4 is 14.2 Å². The third-order valence-electron chi connectivity index (χ3n) is 5.16. The fraction of sp³-hybridized carbons (Fsp3) is 0.429. The summed E-state index contributed by atoms with van der Waals surface area (Å²) in [5.74, 6) is 1.04. The lowest BCUT2D eigenvalue weighted by molar-refractivity contribution is -0.137. The first kappa shape index (κ1) is 27.9. The Hall–Kier alpha value is -3.32. The molecule has 0 aliphatic heterocycles. The molecule has 0 heterocycles. The largest absolute Gasteiger partial charge is 0.494 e. The molecule has 2 aromatic rings. The summed E-state index contributed by atoms with van der Waals surface area (Å²) in [5, 5.41) is 8.77. The molecule has 0 bridgehead atoms. The highest BCUT2D eigenvalue weighted by molar-refractivity contribution is 5.91. The van der Waals surface area contributed by atoms with E-state index in [4.69, 9.17) is 24.1 Å². The Kier molecular flexibility index (Phi) is 13.7. The maximum Gasteiger partial charge on any atom is 0.343 e. The fourth-order valence-corrected chi connectivity index (χ4v) is 3.19. The van der Waals surface area contributed by atoms with E-state index in [0.717, 1.165) is 51.4 Å². The van der Waals surface area contributed by atoms with Crippen LogP contribution in [-0.2, 0) is 9.53 Å². The SMILES string of the molecule is C=CC(=O)OCCCCCCOc1ccc(OC(=O)c2ccc(OCCCCCCO)cc2)cc1. The van der Waals surface area contributed by atoms with E-state index in [9.17, 15) is 9.59 Å². The molecule has 0 amide bonds. The lowest BCUT2D eigenvalue weighted by Gasteiger charge is -2.09. The van der Waals surface area contributed by atoms with Gasteiger partial charge in [0.25, 0.3) is 0 Å². The van der Waals surface area contributed by atoms with Gasteiger partial charge in [0.1, 0.15) is 17.2 Å². The number of rotatable bonds is 18. The molecule has 190 valence electrons. The molecule has 0 atom stereocenters. The van der Waals surface area contributed by atoms with Crippen molar-refractivity contribution in [2.24, 2.45) is 0 Å². The molecule has 0 spiro atoms. The van der Waals surface area contributed by atoms with Gasteiger partial charge in [-0.1, -0.05) is 13.0 Å². The number of aliphatic hydroxyl groups is 1. The van der Waals surface area contributed by atoms with Crippen LogP contribution in [0.2, 0.25) is 0 Å². The Balaban J connectivity index is 1.62. The molecule has 0 fully saturated rings. The summed E-state index contributed by atoms with van der Waals surface area (Å²) < 4.78 is 21.8. The van der Waals surface area contributed by atoms with E-state index in [1.165, 1.54) is 6.08 Å². The maximum atomic E-state index is 12.4. The Labute approximate surface area is 207 Å². The Morgan fingerprint density at radius 2 is 1.17 bits per heavy atom. The molecule has 2 rings (SSSR count). The molecule has 0 saturated carbocycles. The van der Waals surface area contributed by atoms with Gasteiger partial charge in [0, 0.05) is 12.7 Å². The second kappa shape index (κ2) is 17.2. The van der Waals surface area contributed by atoms with Gasteiger partial charge in [-0.25, -0.2) is 9.59 Å². The number of benzene rings is 2. The van der Waals surface area contributed by atoms with Gasteiger partial charge in [-0.05, 0) is 93.5 Å². The van der Waals surface area contributed by atoms with E-state index in [1.54, 1.807) is 48.5 Å². The summed E-state index contributed by atoms with van der Waals surface area (Å²) in [4.78, 5) is 23.3. The Morgan fingerprint density at radius 1 is 0.686 bits per heavy atom. The molecule has 0 aliphatic rings. The minimum absolute atomic E-state index is 0.233. The first-order valence-corrected chi connectivity index (χ1v) is 12.2. The topological polar surface area (TPSA) is 91.3 Å². The van der Waals surface area contributed by atoms with Crippen LogP contribution in [0.4, 0.5) is 0 Å². The highest BCUT2D eigenvalue weighted by Crippen LogP contribution is 2.20. The zero-order chi connectivity index (χ0) is 25.1. The maximum absolute atomic E-state index is 12.4. The van der Waals surface area contributed by atoms with Crippen LogP contribution in [0.1, 0.15) is 61.7 Å². The first-order valence-electron chi connectivity index (χ1n) is 12.2. The third kappa shape index (κ3) is 12.1. The van der Waals surface area contributed by atoms with E-state index in [0.29, 0.717) is 42.6 Å². The lowest BCUT2D eigenvalue weighted by Crippen LogP contribution is -2.08. The molecule has 0 aliphatic carbocycles. The summed E-state index contributed by atoms with van der Waals surface area (Å²) in [7, 11) is 0. The molecule has 0 aromatic heterocycles. The quantitative estimate of drug-likeness (QED) is 0.129. The summed E-state index contributed by atoms with van der Waals surface area (Å²) >= 11 is 0. The third-order valence-corrected chi connectivity index (χ3v) is 5.16. The van der Waals surface area contributed by atoms with Crippen molar-refractivity contribution < 1.29 is 33.6 Å². The van der Waals surface area contributed by atoms with Crippen LogP contribution >= 0.6 is 0 Å². The zero-order valence-corrected chi connectivity index (χ0v) is 20.3. The van der Waals surface area contributed by atoms with Crippen molar-refractivity contribution in [3.63, 3.8) is 0 Å². The molecule has 7 nitrogen and oxygen atoms in total. The van der Waals surface area contributed by atoms with Crippen molar-refractivity contribution in [1.29, 1.82) is 0 Å². The minimum Gasteiger partial charge on any atom is -0.494 e. The summed E-state index contributed by atoms with van der Waals surface area (Å²) in [6.45, 7) is 5.20. The van der Waals surface area contributed by atoms with Gasteiger partial charge in [0.2, 0.25) is 0 Å². The number of carbonyl (C=O) groups is 2. The average Bonchev–Trinajstić information content (AvgIpc) is 2.88. The Bertz CT molecular complexity index is 875. The van der Waals surface area contributed by atoms with Crippen molar-refractivity contribution in [2.75, 3.05) is 26.4 Å². The predicted octanol–water partition coefficient (Wildman–Crippen LogP) is 5.51. The van der Waals surface area contributed by atoms with E-state index in [-0.39, 0.29) is 12.6 Å². The van der Waals surface area contributed by atoms with Gasteiger partial charge in [-0.2, -0.15) is 0 Å². The van der Waals surface area contributed by atoms with Crippen molar-refractivity contribution in [1.82, 2.24) is 0 Å². The second-order valence-corrected chi connectivity index (χ2v) is 8.01. The van der Waals surface area contributed by atoms with Crippen molar-refractivity contribution >= 4 is 11.9 Å². The molecule has 7 heteroatoms. The van der Waals surface area contributed by atoms with Crippen LogP contribution in [0.15, 0.2) is 61.2 Å². The second-order valence-electron chi connectivity index (χ2n) is 8.01. The smallest absolute Gasteiger partial charge is 0.343 e. The molecule has 0 unspecified atom stereocenters. The molecule has 0 saturated heterocycles. The number of hydrogen-bond acceptors (Lipinski definition) is 7. The highest BCUT2D eigenvalue weighted by Gasteiger charge is 2.09. The van der Waals surface area contributed by atoms with Gasteiger partial charge in [0.05, 0.1) is 25.4 Å². The summed E-state index contributed by atoms with van der Waals surface area (Å²) in [6.07, 6.45) is 8.60. The number of unbranched alkanes of at least 4 members (excludes halogenated alkanes) is 6. The van der Waals surface area contributed by atoms with Crippen LogP contribution in [-0.4, -0.2) is 43.5 Å². The lowest BCUT2D eigenvalue weighted by atomic mass is 10.2. The normalized spacial score (nSPS) is 10.4. The number of esters is 2. The number of ether oxygens (including phenoxy) is 4. The van der Waals surface area contributed by atoms with Gasteiger partial charge < -0.3 is 24.1 Å². The number of carbonyl (C=O) groups excluding carboxylic acids is 2. The van der Waals surface area contributed by atoms with E-state index >= 15 is 0 Å². The zero-order valence-electron chi connectivity index (χ0n) is 20.3. The molecular formula is C28H36O7. The first-order chi connectivity index (χ1) is 17.1. The molecular weight excluding hydrogens is 448 g/mol. The van der Waals surface area contributed by atoms with Gasteiger partial charge in [0.15, 0.2) is 0 Å². The number of hydrogen-bond donors (Lipinski definition) is 1. The average molecular weight is 485 g/mol. The number of aliphatic hydroxyl groups excluding tert-OH is 1. The van der Waals surface area contributed by atoms with Gasteiger partial charge in [-0.15, -0.1) is 0 Å². The van der Waals surface area contributed by atoms with Crippen LogP contribution in [0.3, 0.4) is 0 Å².